The van der Waals surface area contributed by atoms with E-state index in [-0.39, 0.29) is 11.7 Å². The molecule has 1 amide bonds. The van der Waals surface area contributed by atoms with Crippen LogP contribution in [0.2, 0.25) is 10.0 Å². The van der Waals surface area contributed by atoms with E-state index in [9.17, 15) is 4.79 Å². The molecule has 1 aromatic heterocycles. The molecule has 0 aliphatic rings. The Bertz CT molecular complexity index is 1230. The molecule has 0 aliphatic heterocycles. The summed E-state index contributed by atoms with van der Waals surface area (Å²) in [7, 11) is 0. The summed E-state index contributed by atoms with van der Waals surface area (Å²) in [5.74, 6) is 0.511. The van der Waals surface area contributed by atoms with Crippen LogP contribution in [0.1, 0.15) is 5.56 Å². The molecule has 0 spiro atoms. The van der Waals surface area contributed by atoms with E-state index in [1.165, 1.54) is 18.0 Å². The SMILES string of the molecule is O=C(CSc1nnc(-c2ccccc2)n1-c1ccccc1)N/N=C/c1c(Cl)cccc1Cl. The summed E-state index contributed by atoms with van der Waals surface area (Å²) in [6, 6.07) is 24.7. The minimum Gasteiger partial charge on any atom is -0.272 e. The number of amides is 1. The van der Waals surface area contributed by atoms with Crippen LogP contribution in [0, 0.1) is 0 Å². The molecule has 0 unspecified atom stereocenters. The molecule has 1 heterocycles. The average Bonchev–Trinajstić information content (AvgIpc) is 3.25. The van der Waals surface area contributed by atoms with Gasteiger partial charge in [0.2, 0.25) is 0 Å². The number of benzene rings is 3. The summed E-state index contributed by atoms with van der Waals surface area (Å²) in [6.45, 7) is 0. The molecule has 1 N–H and O–H groups in total. The highest BCUT2D eigenvalue weighted by atomic mass is 35.5. The van der Waals surface area contributed by atoms with Gasteiger partial charge in [-0.3, -0.25) is 9.36 Å². The van der Waals surface area contributed by atoms with Crippen molar-refractivity contribution >= 4 is 47.1 Å². The molecule has 9 heteroatoms. The predicted molar refractivity (Wildman–Crippen MR) is 130 cm³/mol. The van der Waals surface area contributed by atoms with Crippen molar-refractivity contribution in [2.75, 3.05) is 5.75 Å². The van der Waals surface area contributed by atoms with E-state index >= 15 is 0 Å². The second-order valence-corrected chi connectivity index (χ2v) is 8.32. The highest BCUT2D eigenvalue weighted by Crippen LogP contribution is 2.27. The molecule has 0 bridgehead atoms. The first-order chi connectivity index (χ1) is 15.6. The summed E-state index contributed by atoms with van der Waals surface area (Å²) in [4.78, 5) is 12.3. The normalized spacial score (nSPS) is 11.1. The number of thioether (sulfide) groups is 1. The van der Waals surface area contributed by atoms with E-state index in [1.807, 2.05) is 65.2 Å². The van der Waals surface area contributed by atoms with Crippen molar-refractivity contribution in [3.8, 4) is 17.1 Å². The Morgan fingerprint density at radius 3 is 2.28 bits per heavy atom. The van der Waals surface area contributed by atoms with E-state index in [0.29, 0.717) is 26.6 Å². The second-order valence-electron chi connectivity index (χ2n) is 6.56. The van der Waals surface area contributed by atoms with Gasteiger partial charge in [-0.05, 0) is 24.3 Å². The Morgan fingerprint density at radius 1 is 0.938 bits per heavy atom. The fourth-order valence-electron chi connectivity index (χ4n) is 2.91. The van der Waals surface area contributed by atoms with Crippen LogP contribution < -0.4 is 5.43 Å². The van der Waals surface area contributed by atoms with Crippen molar-refractivity contribution in [1.82, 2.24) is 20.2 Å². The first kappa shape index (κ1) is 22.1. The van der Waals surface area contributed by atoms with Gasteiger partial charge >= 0.3 is 0 Å². The minimum atomic E-state index is -0.293. The summed E-state index contributed by atoms with van der Waals surface area (Å²) >= 11 is 13.5. The van der Waals surface area contributed by atoms with Gasteiger partial charge in [-0.1, -0.05) is 89.6 Å². The van der Waals surface area contributed by atoms with Crippen molar-refractivity contribution in [1.29, 1.82) is 0 Å². The summed E-state index contributed by atoms with van der Waals surface area (Å²) in [6.07, 6.45) is 1.42. The third-order valence-electron chi connectivity index (χ3n) is 4.39. The number of halogens is 2. The first-order valence-corrected chi connectivity index (χ1v) is 11.3. The van der Waals surface area contributed by atoms with Gasteiger partial charge in [0.1, 0.15) is 0 Å². The van der Waals surface area contributed by atoms with Crippen LogP contribution in [0.15, 0.2) is 89.1 Å². The monoisotopic (exact) mass is 481 g/mol. The smallest absolute Gasteiger partial charge is 0.250 e. The molecule has 0 fully saturated rings. The van der Waals surface area contributed by atoms with Gasteiger partial charge in [-0.25, -0.2) is 5.43 Å². The van der Waals surface area contributed by atoms with Crippen molar-refractivity contribution in [3.05, 3.63) is 94.5 Å². The van der Waals surface area contributed by atoms with Gasteiger partial charge in [0.15, 0.2) is 11.0 Å². The zero-order valence-corrected chi connectivity index (χ0v) is 19.0. The number of hydrogen-bond donors (Lipinski definition) is 1. The Morgan fingerprint density at radius 2 is 1.59 bits per heavy atom. The molecule has 4 rings (SSSR count). The molecule has 0 radical (unpaired) electrons. The molecule has 160 valence electrons. The quantitative estimate of drug-likeness (QED) is 0.215. The van der Waals surface area contributed by atoms with E-state index in [2.05, 4.69) is 20.7 Å². The van der Waals surface area contributed by atoms with Crippen LogP contribution in [-0.2, 0) is 4.79 Å². The van der Waals surface area contributed by atoms with Gasteiger partial charge in [-0.15, -0.1) is 10.2 Å². The number of para-hydroxylation sites is 1. The Kier molecular flexibility index (Phi) is 7.21. The average molecular weight is 482 g/mol. The highest BCUT2D eigenvalue weighted by molar-refractivity contribution is 7.99. The second kappa shape index (κ2) is 10.5. The lowest BCUT2D eigenvalue weighted by atomic mass is 10.2. The summed E-state index contributed by atoms with van der Waals surface area (Å²) < 4.78 is 1.93. The molecule has 3 aromatic carbocycles. The van der Waals surface area contributed by atoms with Crippen LogP contribution in [0.4, 0.5) is 0 Å². The number of carbonyl (C=O) groups excluding carboxylic acids is 1. The van der Waals surface area contributed by atoms with Gasteiger partial charge < -0.3 is 0 Å². The highest BCUT2D eigenvalue weighted by Gasteiger charge is 2.17. The number of carbonyl (C=O) groups is 1. The molecule has 4 aromatic rings. The fourth-order valence-corrected chi connectivity index (χ4v) is 4.15. The van der Waals surface area contributed by atoms with E-state index < -0.39 is 0 Å². The fraction of sp³-hybridized carbons (Fsp3) is 0.0435. The zero-order chi connectivity index (χ0) is 22.3. The zero-order valence-electron chi connectivity index (χ0n) is 16.7. The number of aromatic nitrogens is 3. The Balaban J connectivity index is 1.49. The maximum Gasteiger partial charge on any atom is 0.250 e. The summed E-state index contributed by atoms with van der Waals surface area (Å²) in [5, 5.41) is 14.1. The van der Waals surface area contributed by atoms with Crippen molar-refractivity contribution in [2.24, 2.45) is 5.10 Å². The number of nitrogens with one attached hydrogen (secondary N) is 1. The Hall–Kier alpha value is -3.13. The van der Waals surface area contributed by atoms with Gasteiger partial charge in [0.05, 0.1) is 22.0 Å². The third kappa shape index (κ3) is 5.19. The van der Waals surface area contributed by atoms with Crippen LogP contribution in [-0.4, -0.2) is 32.6 Å². The minimum absolute atomic E-state index is 0.105. The molecule has 6 nitrogen and oxygen atoms in total. The maximum atomic E-state index is 12.3. The summed E-state index contributed by atoms with van der Waals surface area (Å²) in [5.41, 5.74) is 4.87. The molecular formula is C23H17Cl2N5OS. The van der Waals surface area contributed by atoms with Crippen molar-refractivity contribution < 1.29 is 4.79 Å². The Labute approximate surface area is 199 Å². The van der Waals surface area contributed by atoms with E-state index in [1.54, 1.807) is 18.2 Å². The molecule has 0 aliphatic carbocycles. The number of nitrogens with zero attached hydrogens (tertiary/aromatic N) is 4. The molecule has 0 saturated carbocycles. The predicted octanol–water partition coefficient (Wildman–Crippen LogP) is 5.48. The lowest BCUT2D eigenvalue weighted by molar-refractivity contribution is -0.118. The van der Waals surface area contributed by atoms with Crippen LogP contribution >= 0.6 is 35.0 Å². The first-order valence-electron chi connectivity index (χ1n) is 9.58. The van der Waals surface area contributed by atoms with Crippen LogP contribution in [0.3, 0.4) is 0 Å². The van der Waals surface area contributed by atoms with E-state index in [0.717, 1.165) is 11.3 Å². The van der Waals surface area contributed by atoms with Crippen LogP contribution in [0.5, 0.6) is 0 Å². The lowest BCUT2D eigenvalue weighted by Gasteiger charge is -2.10. The molecule has 0 saturated heterocycles. The van der Waals surface area contributed by atoms with Crippen molar-refractivity contribution in [3.63, 3.8) is 0 Å². The number of rotatable bonds is 7. The van der Waals surface area contributed by atoms with Crippen LogP contribution in [0.25, 0.3) is 17.1 Å². The standard InChI is InChI=1S/C23H17Cl2N5OS/c24-19-12-7-13-20(25)18(19)14-26-27-21(31)15-32-23-29-28-22(16-8-3-1-4-9-16)30(23)17-10-5-2-6-11-17/h1-14H,15H2,(H,27,31)/b26-14+. The van der Waals surface area contributed by atoms with Crippen molar-refractivity contribution in [2.45, 2.75) is 5.16 Å². The number of hydrogen-bond acceptors (Lipinski definition) is 5. The topological polar surface area (TPSA) is 72.2 Å². The van der Waals surface area contributed by atoms with Gasteiger partial charge in [0.25, 0.3) is 5.91 Å². The largest absolute Gasteiger partial charge is 0.272 e. The molecule has 0 atom stereocenters. The number of hydrazone groups is 1. The molecule has 32 heavy (non-hydrogen) atoms. The van der Waals surface area contributed by atoms with E-state index in [4.69, 9.17) is 23.2 Å². The maximum absolute atomic E-state index is 12.3. The third-order valence-corrected chi connectivity index (χ3v) is 5.98. The lowest BCUT2D eigenvalue weighted by Crippen LogP contribution is -2.20. The molecular weight excluding hydrogens is 465 g/mol. The van der Waals surface area contributed by atoms with Gasteiger partial charge in [-0.2, -0.15) is 5.10 Å². The van der Waals surface area contributed by atoms with Gasteiger partial charge in [0, 0.05) is 16.8 Å².